The van der Waals surface area contributed by atoms with Crippen molar-refractivity contribution in [3.05, 3.63) is 23.6 Å². The SMILES string of the molecule is Oc1c#cc([SeH])c2sc#cc12. The predicted octanol–water partition coefficient (Wildman–Crippen LogP) is 0.334. The van der Waals surface area contributed by atoms with Crippen LogP contribution in [0.3, 0.4) is 0 Å². The van der Waals surface area contributed by atoms with Gasteiger partial charge in [-0.15, -0.1) is 0 Å². The molecule has 11 heavy (non-hydrogen) atoms. The first-order valence-corrected chi connectivity index (χ1v) is 4.61. The Balaban J connectivity index is 2.96. The van der Waals surface area contributed by atoms with Gasteiger partial charge in [-0.2, -0.15) is 0 Å². The summed E-state index contributed by atoms with van der Waals surface area (Å²) in [6.45, 7) is 0. The van der Waals surface area contributed by atoms with Crippen LogP contribution in [0.5, 0.6) is 5.75 Å². The maximum atomic E-state index is 9.25. The fourth-order valence-electron chi connectivity index (χ4n) is 0.807. The van der Waals surface area contributed by atoms with Crippen LogP contribution in [0.25, 0.3) is 10.1 Å². The van der Waals surface area contributed by atoms with E-state index in [-0.39, 0.29) is 5.75 Å². The van der Waals surface area contributed by atoms with E-state index in [1.54, 1.807) is 0 Å². The number of aromatic hydroxyl groups is 1. The van der Waals surface area contributed by atoms with Crippen molar-refractivity contribution < 1.29 is 5.11 Å². The van der Waals surface area contributed by atoms with Crippen LogP contribution in [0.15, 0.2) is 0 Å². The molecule has 0 bridgehead atoms. The maximum absolute atomic E-state index is 9.25. The molecule has 0 saturated heterocycles. The van der Waals surface area contributed by atoms with Crippen LogP contribution in [-0.4, -0.2) is 21.1 Å². The summed E-state index contributed by atoms with van der Waals surface area (Å²) < 4.78 is 1.88. The monoisotopic (exact) mass is 226 g/mol. The minimum absolute atomic E-state index is 0.104. The Hall–Kier alpha value is -0.861. The van der Waals surface area contributed by atoms with Gasteiger partial charge in [-0.1, -0.05) is 0 Å². The zero-order valence-electron chi connectivity index (χ0n) is 5.30. The fraction of sp³-hybridized carbons (Fsp3) is 0. The molecule has 2 aromatic rings. The van der Waals surface area contributed by atoms with Crippen molar-refractivity contribution in [1.29, 1.82) is 0 Å². The van der Waals surface area contributed by atoms with Gasteiger partial charge in [0.1, 0.15) is 0 Å². The standard InChI is InChI=1S/C8H2OSSe/c9-6-1-2-7(11)8-5(6)3-4-10-8/h9,11H. The van der Waals surface area contributed by atoms with E-state index in [1.165, 1.54) is 11.3 Å². The third kappa shape index (κ3) is 0.950. The van der Waals surface area contributed by atoms with E-state index >= 15 is 0 Å². The first-order chi connectivity index (χ1) is 5.29. The van der Waals surface area contributed by atoms with Gasteiger partial charge < -0.3 is 0 Å². The van der Waals surface area contributed by atoms with Crippen molar-refractivity contribution in [1.82, 2.24) is 0 Å². The zero-order valence-corrected chi connectivity index (χ0v) is 8.00. The second-order valence-electron chi connectivity index (χ2n) is 1.98. The van der Waals surface area contributed by atoms with Gasteiger partial charge in [-0.3, -0.25) is 0 Å². The van der Waals surface area contributed by atoms with Crippen LogP contribution in [0.1, 0.15) is 0 Å². The number of hydrogen-bond acceptors (Lipinski definition) is 2. The van der Waals surface area contributed by atoms with E-state index in [2.05, 4.69) is 39.6 Å². The van der Waals surface area contributed by atoms with Crippen LogP contribution >= 0.6 is 11.3 Å². The molecule has 1 N–H and O–H groups in total. The van der Waals surface area contributed by atoms with Crippen LogP contribution in [-0.2, 0) is 0 Å². The predicted molar refractivity (Wildman–Crippen MR) is 45.6 cm³/mol. The van der Waals surface area contributed by atoms with Gasteiger partial charge in [0, 0.05) is 0 Å². The van der Waals surface area contributed by atoms with E-state index in [4.69, 9.17) is 0 Å². The summed E-state index contributed by atoms with van der Waals surface area (Å²) in [5, 5.41) is 12.8. The molecule has 0 unspecified atom stereocenters. The normalized spacial score (nSPS) is 9.18. The molecule has 0 radical (unpaired) electrons. The quantitative estimate of drug-likeness (QED) is 0.641. The Labute approximate surface area is 76.5 Å². The molecular formula is C8H2OSSe. The van der Waals surface area contributed by atoms with Gasteiger partial charge >= 0.3 is 76.3 Å². The number of rotatable bonds is 0. The molecule has 1 aromatic heterocycles. The third-order valence-corrected chi connectivity index (χ3v) is 3.16. The molecule has 0 amide bonds. The Bertz CT molecular complexity index is 358. The molecule has 0 aliphatic carbocycles. The third-order valence-electron chi connectivity index (χ3n) is 1.31. The van der Waals surface area contributed by atoms with E-state index in [0.29, 0.717) is 5.39 Å². The Morgan fingerprint density at radius 1 is 1.27 bits per heavy atom. The second-order valence-corrected chi connectivity index (χ2v) is 3.74. The molecular weight excluding hydrogens is 223 g/mol. The molecule has 52 valence electrons. The molecule has 1 heterocycles. The fourth-order valence-corrected chi connectivity index (χ4v) is 2.10. The zero-order chi connectivity index (χ0) is 7.84. The number of fused-ring (bicyclic) bond motifs is 1. The summed E-state index contributed by atoms with van der Waals surface area (Å²) in [4.78, 5) is 0. The second kappa shape index (κ2) is 2.32. The first kappa shape index (κ1) is 6.83. The van der Waals surface area contributed by atoms with Gasteiger partial charge in [0.25, 0.3) is 0 Å². The Morgan fingerprint density at radius 3 is 2.82 bits per heavy atom. The molecule has 0 atom stereocenters. The molecule has 0 aliphatic rings. The van der Waals surface area contributed by atoms with E-state index in [1.807, 2.05) is 0 Å². The molecule has 0 aliphatic heterocycles. The van der Waals surface area contributed by atoms with Gasteiger partial charge in [-0.25, -0.2) is 0 Å². The van der Waals surface area contributed by atoms with Crippen LogP contribution in [0, 0.1) is 23.6 Å². The van der Waals surface area contributed by atoms with Gasteiger partial charge in [0.05, 0.1) is 0 Å². The molecule has 2 rings (SSSR count). The molecule has 0 saturated carbocycles. The Kier molecular flexibility index (Phi) is 1.44. The molecule has 3 heteroatoms. The molecule has 1 aromatic carbocycles. The average molecular weight is 225 g/mol. The molecule has 0 spiro atoms. The van der Waals surface area contributed by atoms with Crippen LogP contribution < -0.4 is 4.46 Å². The summed E-state index contributed by atoms with van der Waals surface area (Å²) in [6, 6.07) is 8.21. The topological polar surface area (TPSA) is 20.2 Å². The van der Waals surface area contributed by atoms with Crippen molar-refractivity contribution >= 4 is 41.9 Å². The van der Waals surface area contributed by atoms with Crippen molar-refractivity contribution in [2.24, 2.45) is 0 Å². The van der Waals surface area contributed by atoms with Crippen LogP contribution in [0.4, 0.5) is 0 Å². The van der Waals surface area contributed by atoms with Gasteiger partial charge in [-0.05, 0) is 0 Å². The van der Waals surface area contributed by atoms with Crippen LogP contribution in [0.2, 0.25) is 0 Å². The van der Waals surface area contributed by atoms with Crippen molar-refractivity contribution in [3.63, 3.8) is 0 Å². The van der Waals surface area contributed by atoms with Crippen molar-refractivity contribution in [2.75, 3.05) is 0 Å². The van der Waals surface area contributed by atoms with Gasteiger partial charge in [0.2, 0.25) is 0 Å². The van der Waals surface area contributed by atoms with Crippen molar-refractivity contribution in [2.45, 2.75) is 0 Å². The summed E-state index contributed by atoms with van der Waals surface area (Å²) in [5.41, 5.74) is 0. The molecule has 0 fully saturated rings. The summed E-state index contributed by atoms with van der Waals surface area (Å²) in [5.74, 6) is 0.104. The van der Waals surface area contributed by atoms with E-state index in [9.17, 15) is 5.11 Å². The van der Waals surface area contributed by atoms with Crippen molar-refractivity contribution in [3.8, 4) is 5.75 Å². The Morgan fingerprint density at radius 2 is 2.09 bits per heavy atom. The minimum atomic E-state index is 0.104. The summed E-state index contributed by atoms with van der Waals surface area (Å²) in [7, 11) is 0. The molecule has 1 nitrogen and oxygen atoms in total. The van der Waals surface area contributed by atoms with Gasteiger partial charge in [0.15, 0.2) is 0 Å². The number of hydrogen-bond donors (Lipinski definition) is 1. The summed E-state index contributed by atoms with van der Waals surface area (Å²) >= 11 is 3.80. The van der Waals surface area contributed by atoms with E-state index < -0.39 is 0 Å². The van der Waals surface area contributed by atoms with E-state index in [0.717, 1.165) is 9.16 Å². The first-order valence-electron chi connectivity index (χ1n) is 2.86. The summed E-state index contributed by atoms with van der Waals surface area (Å²) in [6.07, 6.45) is 0. The average Bonchev–Trinajstić information content (AvgIpc) is 2.45.